The molecule has 0 spiro atoms. The molecule has 2 amide bonds. The van der Waals surface area contributed by atoms with E-state index in [4.69, 9.17) is 0 Å². The first-order chi connectivity index (χ1) is 9.38. The first-order valence-electron chi connectivity index (χ1n) is 7.35. The molecule has 1 saturated carbocycles. The number of aliphatic hydroxyl groups excluding tert-OH is 1. The molecule has 3 atom stereocenters. The molecule has 5 heteroatoms. The minimum Gasteiger partial charge on any atom is -0.396 e. The van der Waals surface area contributed by atoms with Gasteiger partial charge in [-0.05, 0) is 30.6 Å². The van der Waals surface area contributed by atoms with Gasteiger partial charge in [-0.25, -0.2) is 0 Å². The van der Waals surface area contributed by atoms with Gasteiger partial charge in [0, 0.05) is 31.3 Å². The van der Waals surface area contributed by atoms with E-state index in [2.05, 4.69) is 12.2 Å². The highest BCUT2D eigenvalue weighted by Crippen LogP contribution is 2.48. The lowest BCUT2D eigenvalue weighted by Gasteiger charge is -2.45. The normalized spacial score (nSPS) is 34.0. The molecule has 2 N–H and O–H groups in total. The molecule has 112 valence electrons. The highest BCUT2D eigenvalue weighted by molar-refractivity contribution is 5.99. The smallest absolute Gasteiger partial charge is 0.227 e. The van der Waals surface area contributed by atoms with Gasteiger partial charge < -0.3 is 5.11 Å². The Morgan fingerprint density at radius 1 is 1.15 bits per heavy atom. The summed E-state index contributed by atoms with van der Waals surface area (Å²) in [6.07, 6.45) is 2.24. The van der Waals surface area contributed by atoms with Crippen molar-refractivity contribution in [3.05, 3.63) is 0 Å². The Labute approximate surface area is 119 Å². The summed E-state index contributed by atoms with van der Waals surface area (Å²) in [6, 6.07) is 0. The number of amides is 2. The van der Waals surface area contributed by atoms with Crippen LogP contribution in [0.25, 0.3) is 0 Å². The van der Waals surface area contributed by atoms with E-state index in [1.807, 2.05) is 6.92 Å². The summed E-state index contributed by atoms with van der Waals surface area (Å²) >= 11 is 0. The van der Waals surface area contributed by atoms with E-state index in [-0.39, 0.29) is 48.9 Å². The summed E-state index contributed by atoms with van der Waals surface area (Å²) in [5, 5.41) is 11.6. The lowest BCUT2D eigenvalue weighted by Crippen LogP contribution is -2.52. The van der Waals surface area contributed by atoms with Crippen LogP contribution in [-0.4, -0.2) is 29.3 Å². The molecule has 0 aromatic carbocycles. The number of nitrogens with one attached hydrogen (secondary N) is 1. The predicted molar refractivity (Wildman–Crippen MR) is 72.6 cm³/mol. The summed E-state index contributed by atoms with van der Waals surface area (Å²) in [7, 11) is 0. The third kappa shape index (κ3) is 2.77. The second-order valence-electron chi connectivity index (χ2n) is 6.59. The van der Waals surface area contributed by atoms with Crippen molar-refractivity contribution in [2.45, 2.75) is 46.0 Å². The maximum Gasteiger partial charge on any atom is 0.227 e. The average Bonchev–Trinajstić information content (AvgIpc) is 2.32. The van der Waals surface area contributed by atoms with Gasteiger partial charge in [0.1, 0.15) is 5.78 Å². The second-order valence-corrected chi connectivity index (χ2v) is 6.59. The van der Waals surface area contributed by atoms with Crippen LogP contribution >= 0.6 is 0 Å². The van der Waals surface area contributed by atoms with Gasteiger partial charge >= 0.3 is 0 Å². The van der Waals surface area contributed by atoms with Gasteiger partial charge in [0.2, 0.25) is 11.8 Å². The van der Waals surface area contributed by atoms with E-state index in [0.717, 1.165) is 6.42 Å². The van der Waals surface area contributed by atoms with Gasteiger partial charge in [0.05, 0.1) is 0 Å². The van der Waals surface area contributed by atoms with Crippen LogP contribution in [0.3, 0.4) is 0 Å². The Hall–Kier alpha value is -1.23. The van der Waals surface area contributed by atoms with Gasteiger partial charge in [0.15, 0.2) is 0 Å². The lowest BCUT2D eigenvalue weighted by molar-refractivity contribution is -0.147. The van der Waals surface area contributed by atoms with Crippen molar-refractivity contribution in [3.8, 4) is 0 Å². The topological polar surface area (TPSA) is 83.5 Å². The number of aliphatic hydroxyl groups is 1. The van der Waals surface area contributed by atoms with Crippen LogP contribution in [0.5, 0.6) is 0 Å². The molecule has 1 aliphatic carbocycles. The van der Waals surface area contributed by atoms with Crippen LogP contribution in [0.2, 0.25) is 0 Å². The van der Waals surface area contributed by atoms with Crippen LogP contribution in [0.15, 0.2) is 0 Å². The first kappa shape index (κ1) is 15.2. The monoisotopic (exact) mass is 281 g/mol. The Morgan fingerprint density at radius 3 is 2.30 bits per heavy atom. The van der Waals surface area contributed by atoms with Crippen LogP contribution in [0, 0.1) is 23.2 Å². The van der Waals surface area contributed by atoms with Gasteiger partial charge in [-0.15, -0.1) is 0 Å². The fourth-order valence-corrected chi connectivity index (χ4v) is 4.00. The van der Waals surface area contributed by atoms with Crippen molar-refractivity contribution in [1.82, 2.24) is 5.32 Å². The number of hydrogen-bond donors (Lipinski definition) is 2. The maximum absolute atomic E-state index is 12.5. The minimum absolute atomic E-state index is 0.0283. The highest BCUT2D eigenvalue weighted by atomic mass is 16.3. The van der Waals surface area contributed by atoms with Crippen molar-refractivity contribution >= 4 is 17.6 Å². The van der Waals surface area contributed by atoms with E-state index in [1.54, 1.807) is 0 Å². The fraction of sp³-hybridized carbons (Fsp3) is 0.800. The molecule has 0 aromatic rings. The number of hydrogen-bond acceptors (Lipinski definition) is 4. The molecule has 0 aromatic heterocycles. The van der Waals surface area contributed by atoms with Gasteiger partial charge in [-0.3, -0.25) is 19.7 Å². The number of carbonyl (C=O) groups excluding carboxylic acids is 3. The Bertz CT molecular complexity index is 416. The van der Waals surface area contributed by atoms with Crippen molar-refractivity contribution in [2.24, 2.45) is 23.2 Å². The maximum atomic E-state index is 12.5. The molecule has 2 rings (SSSR count). The largest absolute Gasteiger partial charge is 0.396 e. The van der Waals surface area contributed by atoms with Crippen LogP contribution < -0.4 is 5.32 Å². The summed E-state index contributed by atoms with van der Waals surface area (Å²) in [5.41, 5.74) is -0.686. The van der Waals surface area contributed by atoms with E-state index < -0.39 is 5.41 Å². The van der Waals surface area contributed by atoms with E-state index in [1.165, 1.54) is 0 Å². The van der Waals surface area contributed by atoms with E-state index in [9.17, 15) is 19.5 Å². The first-order valence-corrected chi connectivity index (χ1v) is 7.35. The summed E-state index contributed by atoms with van der Waals surface area (Å²) in [5.74, 6) is -0.410. The summed E-state index contributed by atoms with van der Waals surface area (Å²) in [6.45, 7) is 3.92. The van der Waals surface area contributed by atoms with Gasteiger partial charge in [-0.2, -0.15) is 0 Å². The average molecular weight is 281 g/mol. The third-order valence-electron chi connectivity index (χ3n) is 4.88. The van der Waals surface area contributed by atoms with Gasteiger partial charge in [0.25, 0.3) is 0 Å². The zero-order chi connectivity index (χ0) is 14.9. The number of Topliss-reactive ketones (excluding diaryl/α,β-unsaturated/α-hetero) is 1. The number of ketones is 1. The van der Waals surface area contributed by atoms with Crippen molar-refractivity contribution in [1.29, 1.82) is 0 Å². The Balaban J connectivity index is 2.33. The Morgan fingerprint density at radius 2 is 1.75 bits per heavy atom. The molecular formula is C15H23NO4. The molecule has 2 fully saturated rings. The van der Waals surface area contributed by atoms with Crippen LogP contribution in [0.1, 0.15) is 46.0 Å². The molecule has 2 aliphatic rings. The molecule has 3 unspecified atom stereocenters. The zero-order valence-corrected chi connectivity index (χ0v) is 12.1. The molecule has 5 nitrogen and oxygen atoms in total. The quantitative estimate of drug-likeness (QED) is 0.757. The zero-order valence-electron chi connectivity index (χ0n) is 12.1. The number of rotatable bonds is 3. The molecule has 1 saturated heterocycles. The second kappa shape index (κ2) is 5.64. The highest BCUT2D eigenvalue weighted by Gasteiger charge is 2.50. The number of piperidine rings is 1. The van der Waals surface area contributed by atoms with E-state index in [0.29, 0.717) is 18.8 Å². The molecule has 20 heavy (non-hydrogen) atoms. The summed E-state index contributed by atoms with van der Waals surface area (Å²) < 4.78 is 0. The molecule has 0 bridgehead atoms. The third-order valence-corrected chi connectivity index (χ3v) is 4.88. The van der Waals surface area contributed by atoms with Crippen molar-refractivity contribution in [3.63, 3.8) is 0 Å². The van der Waals surface area contributed by atoms with Crippen molar-refractivity contribution < 1.29 is 19.5 Å². The SMILES string of the molecule is CC1CC(C)C(=O)C(C2(CCO)CC(=O)NC(=O)C2)C1. The van der Waals surface area contributed by atoms with Crippen molar-refractivity contribution in [2.75, 3.05) is 6.61 Å². The fourth-order valence-electron chi connectivity index (χ4n) is 4.00. The van der Waals surface area contributed by atoms with Crippen LogP contribution in [0.4, 0.5) is 0 Å². The standard InChI is InChI=1S/C15H23NO4/c1-9-5-10(2)14(20)11(6-9)15(3-4-17)7-12(18)16-13(19)8-15/h9-11,17H,3-8H2,1-2H3,(H,16,18,19). The van der Waals surface area contributed by atoms with E-state index >= 15 is 0 Å². The minimum atomic E-state index is -0.686. The molecule has 1 heterocycles. The molecule has 0 radical (unpaired) electrons. The number of imide groups is 1. The molecule has 1 aliphatic heterocycles. The Kier molecular flexibility index (Phi) is 4.28. The van der Waals surface area contributed by atoms with Crippen LogP contribution in [-0.2, 0) is 14.4 Å². The predicted octanol–water partition coefficient (Wildman–Crippen LogP) is 1.04. The van der Waals surface area contributed by atoms with Gasteiger partial charge in [-0.1, -0.05) is 13.8 Å². The number of carbonyl (C=O) groups is 3. The lowest BCUT2D eigenvalue weighted by atomic mass is 9.58. The molecular weight excluding hydrogens is 258 g/mol. The summed E-state index contributed by atoms with van der Waals surface area (Å²) in [4.78, 5) is 36.0.